The first-order chi connectivity index (χ1) is 8.58. The van der Waals surface area contributed by atoms with Crippen molar-refractivity contribution in [2.75, 3.05) is 32.1 Å². The van der Waals surface area contributed by atoms with E-state index in [4.69, 9.17) is 0 Å². The van der Waals surface area contributed by atoms with Gasteiger partial charge in [0.15, 0.2) is 0 Å². The number of anilines is 1. The van der Waals surface area contributed by atoms with E-state index in [0.29, 0.717) is 6.04 Å². The summed E-state index contributed by atoms with van der Waals surface area (Å²) in [6, 6.07) is 4.56. The first-order valence-electron chi connectivity index (χ1n) is 6.63. The summed E-state index contributed by atoms with van der Waals surface area (Å²) in [6.45, 7) is 3.87. The number of pyridine rings is 1. The average Bonchev–Trinajstić information content (AvgIpc) is 2.39. The second-order valence-corrected chi connectivity index (χ2v) is 5.31. The Morgan fingerprint density at radius 2 is 2.06 bits per heavy atom. The SMILES string of the molecule is C[C@H](O)c1ccnc(N2CCC(N(C)C)CC2)c1. The molecule has 4 nitrogen and oxygen atoms in total. The molecule has 0 radical (unpaired) electrons. The predicted molar refractivity (Wildman–Crippen MR) is 73.8 cm³/mol. The van der Waals surface area contributed by atoms with Crippen LogP contribution in [0.5, 0.6) is 0 Å². The Morgan fingerprint density at radius 3 is 2.61 bits per heavy atom. The second kappa shape index (κ2) is 5.67. The minimum atomic E-state index is -0.425. The maximum Gasteiger partial charge on any atom is 0.128 e. The lowest BCUT2D eigenvalue weighted by atomic mass is 10.0. The maximum atomic E-state index is 9.61. The molecule has 1 aliphatic heterocycles. The molecule has 0 spiro atoms. The van der Waals surface area contributed by atoms with Crippen molar-refractivity contribution in [2.24, 2.45) is 0 Å². The zero-order valence-electron chi connectivity index (χ0n) is 11.5. The van der Waals surface area contributed by atoms with Gasteiger partial charge in [-0.15, -0.1) is 0 Å². The first-order valence-corrected chi connectivity index (χ1v) is 6.63. The number of hydrogen-bond acceptors (Lipinski definition) is 4. The lowest BCUT2D eigenvalue weighted by molar-refractivity contribution is 0.199. The second-order valence-electron chi connectivity index (χ2n) is 5.31. The maximum absolute atomic E-state index is 9.61. The van der Waals surface area contributed by atoms with E-state index in [2.05, 4.69) is 28.9 Å². The van der Waals surface area contributed by atoms with Gasteiger partial charge in [-0.05, 0) is 51.6 Å². The molecular formula is C14H23N3O. The molecule has 1 N–H and O–H groups in total. The number of hydrogen-bond donors (Lipinski definition) is 1. The Balaban J connectivity index is 2.03. The summed E-state index contributed by atoms with van der Waals surface area (Å²) in [7, 11) is 4.29. The van der Waals surface area contributed by atoms with E-state index < -0.39 is 6.10 Å². The van der Waals surface area contributed by atoms with Crippen molar-refractivity contribution in [1.29, 1.82) is 0 Å². The zero-order chi connectivity index (χ0) is 13.1. The van der Waals surface area contributed by atoms with Crippen molar-refractivity contribution in [2.45, 2.75) is 31.9 Å². The molecule has 1 aliphatic rings. The van der Waals surface area contributed by atoms with Gasteiger partial charge in [0.25, 0.3) is 0 Å². The van der Waals surface area contributed by atoms with Crippen LogP contribution in [0.25, 0.3) is 0 Å². The van der Waals surface area contributed by atoms with Crippen LogP contribution in [0.4, 0.5) is 5.82 Å². The van der Waals surface area contributed by atoms with Crippen LogP contribution in [0, 0.1) is 0 Å². The Bertz CT molecular complexity index is 384. The number of aliphatic hydroxyl groups excluding tert-OH is 1. The summed E-state index contributed by atoms with van der Waals surface area (Å²) in [5.41, 5.74) is 0.940. The number of aromatic nitrogens is 1. The topological polar surface area (TPSA) is 39.6 Å². The zero-order valence-corrected chi connectivity index (χ0v) is 11.5. The van der Waals surface area contributed by atoms with Gasteiger partial charge in [0.1, 0.15) is 5.82 Å². The minimum absolute atomic E-state index is 0.425. The fourth-order valence-electron chi connectivity index (χ4n) is 2.48. The van der Waals surface area contributed by atoms with Crippen molar-refractivity contribution in [3.8, 4) is 0 Å². The largest absolute Gasteiger partial charge is 0.389 e. The monoisotopic (exact) mass is 249 g/mol. The quantitative estimate of drug-likeness (QED) is 0.884. The van der Waals surface area contributed by atoms with Gasteiger partial charge < -0.3 is 14.9 Å². The molecule has 1 saturated heterocycles. The predicted octanol–water partition coefficient (Wildman–Crippen LogP) is 1.67. The Morgan fingerprint density at radius 1 is 1.39 bits per heavy atom. The Labute approximate surface area is 109 Å². The van der Waals surface area contributed by atoms with E-state index in [0.717, 1.165) is 24.5 Å². The van der Waals surface area contributed by atoms with Gasteiger partial charge in [-0.2, -0.15) is 0 Å². The standard InChI is InChI=1S/C14H23N3O/c1-11(18)12-4-7-15-14(10-12)17-8-5-13(6-9-17)16(2)3/h4,7,10-11,13,18H,5-6,8-9H2,1-3H3/t11-/m0/s1. The third-order valence-electron chi connectivity index (χ3n) is 3.77. The number of aliphatic hydroxyl groups is 1. The third kappa shape index (κ3) is 3.00. The van der Waals surface area contributed by atoms with Crippen molar-refractivity contribution in [3.05, 3.63) is 23.9 Å². The van der Waals surface area contributed by atoms with E-state index in [9.17, 15) is 5.11 Å². The van der Waals surface area contributed by atoms with Gasteiger partial charge in [-0.25, -0.2) is 4.98 Å². The fourth-order valence-corrected chi connectivity index (χ4v) is 2.48. The van der Waals surface area contributed by atoms with Crippen LogP contribution >= 0.6 is 0 Å². The Kier molecular flexibility index (Phi) is 4.19. The van der Waals surface area contributed by atoms with Crippen LogP contribution in [0.2, 0.25) is 0 Å². The lowest BCUT2D eigenvalue weighted by Gasteiger charge is -2.36. The highest BCUT2D eigenvalue weighted by molar-refractivity contribution is 5.42. The molecule has 1 aromatic heterocycles. The molecule has 0 saturated carbocycles. The van der Waals surface area contributed by atoms with Gasteiger partial charge in [0.05, 0.1) is 6.10 Å². The van der Waals surface area contributed by atoms with Gasteiger partial charge in [-0.3, -0.25) is 0 Å². The molecule has 2 rings (SSSR count). The van der Waals surface area contributed by atoms with Gasteiger partial charge in [-0.1, -0.05) is 0 Å². The average molecular weight is 249 g/mol. The number of piperidine rings is 1. The summed E-state index contributed by atoms with van der Waals surface area (Å²) < 4.78 is 0. The van der Waals surface area contributed by atoms with E-state index in [-0.39, 0.29) is 0 Å². The molecule has 0 aromatic carbocycles. The van der Waals surface area contributed by atoms with Crippen molar-refractivity contribution >= 4 is 5.82 Å². The molecule has 1 aromatic rings. The molecular weight excluding hydrogens is 226 g/mol. The minimum Gasteiger partial charge on any atom is -0.389 e. The highest BCUT2D eigenvalue weighted by Crippen LogP contribution is 2.22. The molecule has 100 valence electrons. The lowest BCUT2D eigenvalue weighted by Crippen LogP contribution is -2.42. The van der Waals surface area contributed by atoms with Gasteiger partial charge in [0.2, 0.25) is 0 Å². The molecule has 4 heteroatoms. The molecule has 0 aliphatic carbocycles. The molecule has 0 unspecified atom stereocenters. The summed E-state index contributed by atoms with van der Waals surface area (Å²) in [4.78, 5) is 9.03. The van der Waals surface area contributed by atoms with E-state index in [1.165, 1.54) is 12.8 Å². The molecule has 0 bridgehead atoms. The van der Waals surface area contributed by atoms with Crippen molar-refractivity contribution in [1.82, 2.24) is 9.88 Å². The fraction of sp³-hybridized carbons (Fsp3) is 0.643. The summed E-state index contributed by atoms with van der Waals surface area (Å²) in [5, 5.41) is 9.61. The molecule has 0 amide bonds. The van der Waals surface area contributed by atoms with Crippen LogP contribution in [-0.4, -0.2) is 48.2 Å². The smallest absolute Gasteiger partial charge is 0.128 e. The highest BCUT2D eigenvalue weighted by Gasteiger charge is 2.21. The van der Waals surface area contributed by atoms with E-state index in [1.54, 1.807) is 13.1 Å². The molecule has 2 heterocycles. The molecule has 1 fully saturated rings. The van der Waals surface area contributed by atoms with Crippen LogP contribution in [0.3, 0.4) is 0 Å². The van der Waals surface area contributed by atoms with Crippen LogP contribution in [-0.2, 0) is 0 Å². The van der Waals surface area contributed by atoms with E-state index in [1.807, 2.05) is 12.1 Å². The van der Waals surface area contributed by atoms with Gasteiger partial charge in [0, 0.05) is 25.3 Å². The van der Waals surface area contributed by atoms with Crippen molar-refractivity contribution < 1.29 is 5.11 Å². The molecule has 18 heavy (non-hydrogen) atoms. The van der Waals surface area contributed by atoms with Gasteiger partial charge >= 0.3 is 0 Å². The first kappa shape index (κ1) is 13.3. The van der Waals surface area contributed by atoms with Crippen LogP contribution in [0.15, 0.2) is 18.3 Å². The third-order valence-corrected chi connectivity index (χ3v) is 3.77. The van der Waals surface area contributed by atoms with Crippen LogP contribution in [0.1, 0.15) is 31.4 Å². The van der Waals surface area contributed by atoms with Crippen molar-refractivity contribution in [3.63, 3.8) is 0 Å². The number of rotatable bonds is 3. The Hall–Kier alpha value is -1.13. The summed E-state index contributed by atoms with van der Waals surface area (Å²) >= 11 is 0. The highest BCUT2D eigenvalue weighted by atomic mass is 16.3. The number of nitrogens with zero attached hydrogens (tertiary/aromatic N) is 3. The summed E-state index contributed by atoms with van der Waals surface area (Å²) in [5.74, 6) is 0.991. The summed E-state index contributed by atoms with van der Waals surface area (Å²) in [6.07, 6.45) is 3.71. The molecule has 1 atom stereocenters. The van der Waals surface area contributed by atoms with E-state index >= 15 is 0 Å². The normalized spacial score (nSPS) is 19.3. The van der Waals surface area contributed by atoms with Crippen LogP contribution < -0.4 is 4.90 Å².